The Kier molecular flexibility index (Phi) is 1.56. The molecule has 4 heteroatoms. The lowest BCUT2D eigenvalue weighted by molar-refractivity contribution is -0.126. The van der Waals surface area contributed by atoms with Gasteiger partial charge in [-0.3, -0.25) is 4.79 Å². The minimum Gasteiger partial charge on any atom is -0.465 e. The number of ketones is 1. The zero-order chi connectivity index (χ0) is 8.72. The number of amides is 1. The largest absolute Gasteiger partial charge is 0.465 e. The van der Waals surface area contributed by atoms with Crippen molar-refractivity contribution in [3.63, 3.8) is 0 Å². The fourth-order valence-electron chi connectivity index (χ4n) is 2.15. The summed E-state index contributed by atoms with van der Waals surface area (Å²) < 4.78 is 0. The maximum atomic E-state index is 11.3. The van der Waals surface area contributed by atoms with E-state index in [1.807, 2.05) is 0 Å². The molecule has 1 N–H and O–H groups in total. The van der Waals surface area contributed by atoms with Crippen molar-refractivity contribution in [1.29, 1.82) is 0 Å². The van der Waals surface area contributed by atoms with Gasteiger partial charge in [0.25, 0.3) is 0 Å². The number of Topliss-reactive ketones (excluding diaryl/α,β-unsaturated/α-hetero) is 1. The molecule has 2 fully saturated rings. The van der Waals surface area contributed by atoms with Gasteiger partial charge in [0.2, 0.25) is 0 Å². The fourth-order valence-corrected chi connectivity index (χ4v) is 2.15. The van der Waals surface area contributed by atoms with Gasteiger partial charge in [-0.1, -0.05) is 0 Å². The topological polar surface area (TPSA) is 57.6 Å². The first-order valence-electron chi connectivity index (χ1n) is 4.20. The molecule has 4 nitrogen and oxygen atoms in total. The van der Waals surface area contributed by atoms with Crippen LogP contribution in [-0.4, -0.2) is 35.0 Å². The molecule has 2 aliphatic rings. The summed E-state index contributed by atoms with van der Waals surface area (Å²) in [5.74, 6) is 0.284. The van der Waals surface area contributed by atoms with E-state index in [1.54, 1.807) is 0 Å². The Bertz CT molecular complexity index is 222. The van der Waals surface area contributed by atoms with E-state index in [2.05, 4.69) is 0 Å². The van der Waals surface area contributed by atoms with Crippen LogP contribution in [0.3, 0.4) is 0 Å². The van der Waals surface area contributed by atoms with Crippen LogP contribution in [0.15, 0.2) is 0 Å². The van der Waals surface area contributed by atoms with Crippen molar-refractivity contribution in [3.8, 4) is 0 Å². The van der Waals surface area contributed by atoms with E-state index >= 15 is 0 Å². The summed E-state index contributed by atoms with van der Waals surface area (Å²) in [6.07, 6.45) is 0.875. The molecule has 1 amide bonds. The van der Waals surface area contributed by atoms with Crippen molar-refractivity contribution in [2.24, 2.45) is 11.8 Å². The number of likely N-dealkylation sites (tertiary alicyclic amines) is 1. The summed E-state index contributed by atoms with van der Waals surface area (Å²) in [5.41, 5.74) is 0. The molecule has 1 heterocycles. The summed E-state index contributed by atoms with van der Waals surface area (Å²) in [5, 5.41) is 8.70. The van der Waals surface area contributed by atoms with Crippen LogP contribution in [0.25, 0.3) is 0 Å². The maximum Gasteiger partial charge on any atom is 0.407 e. The van der Waals surface area contributed by atoms with Crippen LogP contribution in [0.1, 0.15) is 12.8 Å². The molecule has 1 aliphatic heterocycles. The second-order valence-electron chi connectivity index (χ2n) is 3.56. The molecule has 0 aromatic carbocycles. The summed E-state index contributed by atoms with van der Waals surface area (Å²) in [6, 6.07) is 0. The van der Waals surface area contributed by atoms with Crippen LogP contribution in [0.2, 0.25) is 0 Å². The minimum absolute atomic E-state index is 0.000139. The highest BCUT2D eigenvalue weighted by Crippen LogP contribution is 2.33. The predicted octanol–water partition coefficient (Wildman–Crippen LogP) is 0.575. The Labute approximate surface area is 70.2 Å². The number of hydrogen-bond donors (Lipinski definition) is 1. The van der Waals surface area contributed by atoms with Crippen molar-refractivity contribution >= 4 is 11.9 Å². The number of carboxylic acid groups (broad SMARTS) is 1. The normalized spacial score (nSPS) is 34.0. The van der Waals surface area contributed by atoms with Gasteiger partial charge in [0, 0.05) is 24.9 Å². The van der Waals surface area contributed by atoms with Crippen LogP contribution in [0, 0.1) is 11.8 Å². The molecule has 1 saturated heterocycles. The summed E-state index contributed by atoms with van der Waals surface area (Å²) in [6.45, 7) is 0.843. The van der Waals surface area contributed by atoms with Crippen molar-refractivity contribution in [3.05, 3.63) is 0 Å². The number of piperidine rings is 1. The first-order valence-corrected chi connectivity index (χ1v) is 4.20. The highest BCUT2D eigenvalue weighted by Gasteiger charge is 2.41. The lowest BCUT2D eigenvalue weighted by atomic mass is 9.98. The SMILES string of the molecule is O=C1C2CCC1CN(C(=O)O)C2. The van der Waals surface area contributed by atoms with Gasteiger partial charge in [0.05, 0.1) is 0 Å². The molecule has 1 aliphatic carbocycles. The molecule has 0 aromatic heterocycles. The molecule has 0 aromatic rings. The lowest BCUT2D eigenvalue weighted by Gasteiger charge is -2.28. The van der Waals surface area contributed by atoms with Crippen LogP contribution < -0.4 is 0 Å². The van der Waals surface area contributed by atoms with Crippen LogP contribution in [0.5, 0.6) is 0 Å². The zero-order valence-corrected chi connectivity index (χ0v) is 6.69. The van der Waals surface area contributed by atoms with E-state index in [0.29, 0.717) is 13.1 Å². The van der Waals surface area contributed by atoms with Gasteiger partial charge < -0.3 is 10.0 Å². The molecule has 2 unspecified atom stereocenters. The molecular formula is C8H11NO3. The quantitative estimate of drug-likeness (QED) is 0.577. The number of hydrogen-bond acceptors (Lipinski definition) is 2. The third-order valence-electron chi connectivity index (χ3n) is 2.82. The highest BCUT2D eigenvalue weighted by molar-refractivity contribution is 5.87. The molecular weight excluding hydrogens is 158 g/mol. The van der Waals surface area contributed by atoms with Gasteiger partial charge in [-0.05, 0) is 12.8 Å². The van der Waals surface area contributed by atoms with Gasteiger partial charge in [0.15, 0.2) is 0 Å². The van der Waals surface area contributed by atoms with E-state index in [4.69, 9.17) is 5.11 Å². The van der Waals surface area contributed by atoms with Gasteiger partial charge in [-0.2, -0.15) is 0 Å². The lowest BCUT2D eigenvalue weighted by Crippen LogP contribution is -2.44. The predicted molar refractivity (Wildman–Crippen MR) is 40.8 cm³/mol. The van der Waals surface area contributed by atoms with Crippen molar-refractivity contribution in [2.45, 2.75) is 12.8 Å². The third kappa shape index (κ3) is 0.983. The van der Waals surface area contributed by atoms with Crippen molar-refractivity contribution in [2.75, 3.05) is 13.1 Å². The number of carbonyl (C=O) groups excluding carboxylic acids is 1. The Balaban J connectivity index is 2.12. The Hall–Kier alpha value is -1.06. The van der Waals surface area contributed by atoms with Gasteiger partial charge >= 0.3 is 6.09 Å². The van der Waals surface area contributed by atoms with Crippen LogP contribution in [-0.2, 0) is 4.79 Å². The third-order valence-corrected chi connectivity index (χ3v) is 2.82. The van der Waals surface area contributed by atoms with Crippen molar-refractivity contribution in [1.82, 2.24) is 4.90 Å². The van der Waals surface area contributed by atoms with E-state index in [9.17, 15) is 9.59 Å². The first-order chi connectivity index (χ1) is 5.68. The second kappa shape index (κ2) is 2.47. The van der Waals surface area contributed by atoms with E-state index < -0.39 is 6.09 Å². The van der Waals surface area contributed by atoms with Gasteiger partial charge in [-0.25, -0.2) is 4.79 Å². The van der Waals surface area contributed by atoms with E-state index in [1.165, 1.54) is 4.90 Å². The highest BCUT2D eigenvalue weighted by atomic mass is 16.4. The van der Waals surface area contributed by atoms with Crippen molar-refractivity contribution < 1.29 is 14.7 Å². The molecule has 2 bridgehead atoms. The average molecular weight is 169 g/mol. The summed E-state index contributed by atoms with van der Waals surface area (Å²) >= 11 is 0. The van der Waals surface area contributed by atoms with Gasteiger partial charge in [0.1, 0.15) is 5.78 Å². The molecule has 2 atom stereocenters. The number of nitrogens with zero attached hydrogens (tertiary/aromatic N) is 1. The molecule has 0 spiro atoms. The summed E-state index contributed by atoms with van der Waals surface area (Å²) in [7, 11) is 0. The maximum absolute atomic E-state index is 11.3. The summed E-state index contributed by atoms with van der Waals surface area (Å²) in [4.78, 5) is 23.3. The van der Waals surface area contributed by atoms with E-state index in [-0.39, 0.29) is 17.6 Å². The Morgan fingerprint density at radius 2 is 1.83 bits per heavy atom. The van der Waals surface area contributed by atoms with Gasteiger partial charge in [-0.15, -0.1) is 0 Å². The molecule has 66 valence electrons. The fraction of sp³-hybridized carbons (Fsp3) is 0.750. The first kappa shape index (κ1) is 7.58. The molecule has 2 rings (SSSR count). The minimum atomic E-state index is -0.889. The van der Waals surface area contributed by atoms with Crippen LogP contribution in [0.4, 0.5) is 4.79 Å². The monoisotopic (exact) mass is 169 g/mol. The van der Waals surface area contributed by atoms with E-state index in [0.717, 1.165) is 12.8 Å². The number of fused-ring (bicyclic) bond motifs is 2. The zero-order valence-electron chi connectivity index (χ0n) is 6.69. The molecule has 0 radical (unpaired) electrons. The molecule has 1 saturated carbocycles. The average Bonchev–Trinajstić information content (AvgIpc) is 2.30. The molecule has 12 heavy (non-hydrogen) atoms. The van der Waals surface area contributed by atoms with Crippen LogP contribution >= 0.6 is 0 Å². The smallest absolute Gasteiger partial charge is 0.407 e. The Morgan fingerprint density at radius 1 is 1.33 bits per heavy atom. The Morgan fingerprint density at radius 3 is 2.25 bits per heavy atom. The number of carbonyl (C=O) groups is 2. The second-order valence-corrected chi connectivity index (χ2v) is 3.56. The number of rotatable bonds is 0. The standard InChI is InChI=1S/C8H11NO3/c10-7-5-1-2-6(7)4-9(3-5)8(11)12/h5-6H,1-4H2,(H,11,12).